The molecule has 3 heteroatoms. The molecule has 0 aliphatic rings. The predicted molar refractivity (Wildman–Crippen MR) is 72.4 cm³/mol. The average molecular weight is 234 g/mol. The van der Waals surface area contributed by atoms with E-state index in [2.05, 4.69) is 5.32 Å². The van der Waals surface area contributed by atoms with Crippen LogP contribution in [0.3, 0.4) is 0 Å². The number of benzene rings is 1. The van der Waals surface area contributed by atoms with Crippen molar-refractivity contribution in [3.8, 4) is 0 Å². The van der Waals surface area contributed by atoms with E-state index < -0.39 is 0 Å². The van der Waals surface area contributed by atoms with E-state index in [0.717, 1.165) is 30.8 Å². The Hall–Kier alpha value is -1.35. The van der Waals surface area contributed by atoms with Crippen molar-refractivity contribution in [2.75, 3.05) is 25.0 Å². The zero-order valence-corrected chi connectivity index (χ0v) is 11.0. The van der Waals surface area contributed by atoms with Gasteiger partial charge >= 0.3 is 0 Å². The summed E-state index contributed by atoms with van der Waals surface area (Å²) in [5, 5.41) is 3.06. The Morgan fingerprint density at radius 1 is 1.35 bits per heavy atom. The molecular weight excluding hydrogens is 212 g/mol. The number of anilines is 1. The van der Waals surface area contributed by atoms with Crippen molar-refractivity contribution in [3.63, 3.8) is 0 Å². The molecule has 0 saturated heterocycles. The van der Waals surface area contributed by atoms with Gasteiger partial charge in [0.2, 0.25) is 5.91 Å². The molecule has 1 aromatic carbocycles. The third-order valence-electron chi connectivity index (χ3n) is 2.84. The number of carbonyl (C=O) groups is 1. The molecule has 0 heterocycles. The molecule has 0 aromatic heterocycles. The van der Waals surface area contributed by atoms with Crippen LogP contribution >= 0.6 is 0 Å². The lowest BCUT2D eigenvalue weighted by molar-refractivity contribution is -0.118. The number of carbonyl (C=O) groups excluding carboxylic acids is 1. The monoisotopic (exact) mass is 234 g/mol. The van der Waals surface area contributed by atoms with E-state index in [-0.39, 0.29) is 5.91 Å². The summed E-state index contributed by atoms with van der Waals surface area (Å²) in [6.07, 6.45) is 1.49. The van der Waals surface area contributed by atoms with E-state index in [1.807, 2.05) is 50.1 Å². The fraction of sp³-hybridized carbons (Fsp3) is 0.500. The summed E-state index contributed by atoms with van der Waals surface area (Å²) in [5.41, 5.74) is 2.18. The van der Waals surface area contributed by atoms with Gasteiger partial charge in [0.15, 0.2) is 0 Å². The maximum absolute atomic E-state index is 12.1. The molecule has 0 radical (unpaired) electrons. The molecule has 1 rings (SSSR count). The van der Waals surface area contributed by atoms with Crippen LogP contribution in [0.5, 0.6) is 0 Å². The molecule has 0 aliphatic heterocycles. The molecule has 0 aliphatic carbocycles. The highest BCUT2D eigenvalue weighted by molar-refractivity contribution is 5.93. The number of amides is 1. The van der Waals surface area contributed by atoms with Gasteiger partial charge in [0.1, 0.15) is 0 Å². The molecule has 0 atom stereocenters. The fourth-order valence-electron chi connectivity index (χ4n) is 1.90. The van der Waals surface area contributed by atoms with Crippen LogP contribution in [0.4, 0.5) is 5.69 Å². The Balaban J connectivity index is 2.71. The highest BCUT2D eigenvalue weighted by atomic mass is 16.2. The third-order valence-corrected chi connectivity index (χ3v) is 2.84. The van der Waals surface area contributed by atoms with E-state index in [1.54, 1.807) is 0 Å². The lowest BCUT2D eigenvalue weighted by atomic mass is 10.1. The van der Waals surface area contributed by atoms with Crippen LogP contribution < -0.4 is 10.2 Å². The molecule has 17 heavy (non-hydrogen) atoms. The Labute approximate surface area is 104 Å². The highest BCUT2D eigenvalue weighted by Crippen LogP contribution is 2.20. The number of rotatable bonds is 6. The first-order valence-electron chi connectivity index (χ1n) is 6.21. The second-order valence-corrected chi connectivity index (χ2v) is 4.13. The second-order valence-electron chi connectivity index (χ2n) is 4.13. The lowest BCUT2D eigenvalue weighted by Crippen LogP contribution is -2.31. The van der Waals surface area contributed by atoms with Gasteiger partial charge in [-0.05, 0) is 45.5 Å². The van der Waals surface area contributed by atoms with Gasteiger partial charge in [-0.2, -0.15) is 0 Å². The summed E-state index contributed by atoms with van der Waals surface area (Å²) in [7, 11) is 1.91. The number of aryl methyl sites for hydroxylation is 1. The second kappa shape index (κ2) is 7.07. The normalized spacial score (nSPS) is 10.3. The van der Waals surface area contributed by atoms with Crippen LogP contribution in [0.2, 0.25) is 0 Å². The molecule has 3 nitrogen and oxygen atoms in total. The first kappa shape index (κ1) is 13.7. The summed E-state index contributed by atoms with van der Waals surface area (Å²) >= 11 is 0. The minimum atomic E-state index is 0.206. The van der Waals surface area contributed by atoms with Crippen LogP contribution in [0.15, 0.2) is 24.3 Å². The van der Waals surface area contributed by atoms with Gasteiger partial charge in [0, 0.05) is 18.7 Å². The van der Waals surface area contributed by atoms with Crippen LogP contribution in [-0.2, 0) is 4.79 Å². The third kappa shape index (κ3) is 3.86. The summed E-state index contributed by atoms with van der Waals surface area (Å²) in [6, 6.07) is 8.03. The van der Waals surface area contributed by atoms with E-state index in [4.69, 9.17) is 0 Å². The molecular formula is C14H22N2O. The maximum Gasteiger partial charge on any atom is 0.227 e. The number of nitrogens with one attached hydrogen (secondary N) is 1. The number of nitrogens with zero attached hydrogens (tertiary/aromatic N) is 1. The predicted octanol–water partition coefficient (Wildman–Crippen LogP) is 2.35. The maximum atomic E-state index is 12.1. The summed E-state index contributed by atoms with van der Waals surface area (Å²) in [4.78, 5) is 14.0. The van der Waals surface area contributed by atoms with Gasteiger partial charge in [-0.15, -0.1) is 0 Å². The van der Waals surface area contributed by atoms with Crippen LogP contribution in [0, 0.1) is 6.92 Å². The summed E-state index contributed by atoms with van der Waals surface area (Å²) in [6.45, 7) is 5.67. The minimum Gasteiger partial charge on any atom is -0.320 e. The molecule has 94 valence electrons. The van der Waals surface area contributed by atoms with Gasteiger partial charge < -0.3 is 10.2 Å². The molecule has 1 N–H and O–H groups in total. The smallest absolute Gasteiger partial charge is 0.227 e. The van der Waals surface area contributed by atoms with Gasteiger partial charge in [0.05, 0.1) is 0 Å². The molecule has 0 fully saturated rings. The topological polar surface area (TPSA) is 32.3 Å². The van der Waals surface area contributed by atoms with Gasteiger partial charge in [-0.25, -0.2) is 0 Å². The van der Waals surface area contributed by atoms with Crippen molar-refractivity contribution in [3.05, 3.63) is 29.8 Å². The molecule has 1 amide bonds. The molecule has 0 spiro atoms. The largest absolute Gasteiger partial charge is 0.320 e. The Kier molecular flexibility index (Phi) is 5.70. The summed E-state index contributed by atoms with van der Waals surface area (Å²) < 4.78 is 0. The van der Waals surface area contributed by atoms with E-state index in [9.17, 15) is 4.79 Å². The van der Waals surface area contributed by atoms with Gasteiger partial charge in [-0.3, -0.25) is 4.79 Å². The first-order valence-corrected chi connectivity index (χ1v) is 6.21. The molecule has 1 aromatic rings. The highest BCUT2D eigenvalue weighted by Gasteiger charge is 2.14. The number of hydrogen-bond acceptors (Lipinski definition) is 2. The molecule has 0 bridgehead atoms. The van der Waals surface area contributed by atoms with Crippen molar-refractivity contribution in [2.45, 2.75) is 26.7 Å². The molecule has 0 saturated carbocycles. The van der Waals surface area contributed by atoms with Crippen LogP contribution in [0.25, 0.3) is 0 Å². The number of para-hydroxylation sites is 1. The lowest BCUT2D eigenvalue weighted by Gasteiger charge is -2.23. The Bertz CT molecular complexity index is 363. The quantitative estimate of drug-likeness (QED) is 0.766. The van der Waals surface area contributed by atoms with E-state index in [1.165, 1.54) is 0 Å². The van der Waals surface area contributed by atoms with Crippen molar-refractivity contribution < 1.29 is 4.79 Å². The first-order chi connectivity index (χ1) is 8.20. The van der Waals surface area contributed by atoms with E-state index >= 15 is 0 Å². The van der Waals surface area contributed by atoms with Crippen LogP contribution in [0.1, 0.15) is 25.3 Å². The summed E-state index contributed by atoms with van der Waals surface area (Å²) in [5.74, 6) is 0.206. The Morgan fingerprint density at radius 2 is 2.06 bits per heavy atom. The zero-order chi connectivity index (χ0) is 12.7. The van der Waals surface area contributed by atoms with Crippen LogP contribution in [-0.4, -0.2) is 26.0 Å². The van der Waals surface area contributed by atoms with Crippen molar-refractivity contribution >= 4 is 11.6 Å². The standard InChI is InChI=1S/C14H22N2O/c1-4-16(14(17)10-7-11-15-3)13-9-6-5-8-12(13)2/h5-6,8-9,15H,4,7,10-11H2,1-3H3. The fourth-order valence-corrected chi connectivity index (χ4v) is 1.90. The van der Waals surface area contributed by atoms with E-state index in [0.29, 0.717) is 6.42 Å². The number of hydrogen-bond donors (Lipinski definition) is 1. The average Bonchev–Trinajstić information content (AvgIpc) is 2.33. The minimum absolute atomic E-state index is 0.206. The van der Waals surface area contributed by atoms with Gasteiger partial charge in [-0.1, -0.05) is 18.2 Å². The van der Waals surface area contributed by atoms with Crippen molar-refractivity contribution in [1.82, 2.24) is 5.32 Å². The molecule has 0 unspecified atom stereocenters. The van der Waals surface area contributed by atoms with Crippen molar-refractivity contribution in [2.24, 2.45) is 0 Å². The van der Waals surface area contributed by atoms with Gasteiger partial charge in [0.25, 0.3) is 0 Å². The zero-order valence-electron chi connectivity index (χ0n) is 11.0. The van der Waals surface area contributed by atoms with Crippen molar-refractivity contribution in [1.29, 1.82) is 0 Å². The SMILES string of the molecule is CCN(C(=O)CCCNC)c1ccccc1C. The Morgan fingerprint density at radius 3 is 2.65 bits per heavy atom.